The Hall–Kier alpha value is -1.56. The number of benzene rings is 1. The largest absolute Gasteiger partial charge is 0.467 e. The van der Waals surface area contributed by atoms with E-state index < -0.39 is 12.0 Å². The number of nitrogens with one attached hydrogen (secondary N) is 1. The van der Waals surface area contributed by atoms with Crippen LogP contribution >= 0.6 is 11.8 Å². The highest BCUT2D eigenvalue weighted by molar-refractivity contribution is 7.99. The number of amides is 1. The van der Waals surface area contributed by atoms with E-state index in [1.54, 1.807) is 12.1 Å². The average molecular weight is 271 g/mol. The standard InChI is InChI=1S/C12H14FNO3S/c1-8(15)14-11(12(16)17-2)7-18-10-5-3-9(13)4-6-10/h3-6,11H,7H2,1-2H3,(H,14,15). The molecule has 0 heterocycles. The molecule has 0 bridgehead atoms. The molecule has 1 aromatic carbocycles. The van der Waals surface area contributed by atoms with Crippen LogP contribution in [0.25, 0.3) is 0 Å². The average Bonchev–Trinajstić information content (AvgIpc) is 2.35. The van der Waals surface area contributed by atoms with Crippen LogP contribution in [-0.2, 0) is 14.3 Å². The van der Waals surface area contributed by atoms with E-state index in [-0.39, 0.29) is 11.7 Å². The normalized spacial score (nSPS) is 11.7. The van der Waals surface area contributed by atoms with E-state index in [0.29, 0.717) is 5.75 Å². The molecule has 0 spiro atoms. The van der Waals surface area contributed by atoms with Gasteiger partial charge in [0.1, 0.15) is 11.9 Å². The van der Waals surface area contributed by atoms with Crippen molar-refractivity contribution in [2.45, 2.75) is 17.9 Å². The highest BCUT2D eigenvalue weighted by atomic mass is 32.2. The summed E-state index contributed by atoms with van der Waals surface area (Å²) in [6.45, 7) is 1.33. The van der Waals surface area contributed by atoms with Gasteiger partial charge in [-0.1, -0.05) is 0 Å². The topological polar surface area (TPSA) is 55.4 Å². The van der Waals surface area contributed by atoms with Crippen LogP contribution in [0.2, 0.25) is 0 Å². The van der Waals surface area contributed by atoms with E-state index in [4.69, 9.17) is 0 Å². The van der Waals surface area contributed by atoms with Gasteiger partial charge in [0.25, 0.3) is 0 Å². The molecule has 18 heavy (non-hydrogen) atoms. The van der Waals surface area contributed by atoms with Crippen molar-refractivity contribution in [3.8, 4) is 0 Å². The van der Waals surface area contributed by atoms with Crippen molar-refractivity contribution in [1.29, 1.82) is 0 Å². The van der Waals surface area contributed by atoms with E-state index in [9.17, 15) is 14.0 Å². The molecule has 0 aliphatic heterocycles. The van der Waals surface area contributed by atoms with Crippen molar-refractivity contribution in [3.63, 3.8) is 0 Å². The predicted molar refractivity (Wildman–Crippen MR) is 66.7 cm³/mol. The fourth-order valence-electron chi connectivity index (χ4n) is 1.27. The number of hydrogen-bond acceptors (Lipinski definition) is 4. The van der Waals surface area contributed by atoms with E-state index in [0.717, 1.165) is 4.90 Å². The van der Waals surface area contributed by atoms with Gasteiger partial charge >= 0.3 is 5.97 Å². The van der Waals surface area contributed by atoms with Gasteiger partial charge in [-0.25, -0.2) is 9.18 Å². The van der Waals surface area contributed by atoms with Gasteiger partial charge in [-0.3, -0.25) is 4.79 Å². The third kappa shape index (κ3) is 4.75. The predicted octanol–water partition coefficient (Wildman–Crippen LogP) is 1.60. The number of halogens is 1. The second kappa shape index (κ2) is 7.00. The van der Waals surface area contributed by atoms with Crippen LogP contribution in [0.1, 0.15) is 6.92 Å². The Balaban J connectivity index is 2.58. The number of carbonyl (C=O) groups excluding carboxylic acids is 2. The Labute approximate surface area is 109 Å². The van der Waals surface area contributed by atoms with Crippen LogP contribution < -0.4 is 5.32 Å². The lowest BCUT2D eigenvalue weighted by atomic mass is 10.3. The number of carbonyl (C=O) groups is 2. The minimum atomic E-state index is -0.706. The van der Waals surface area contributed by atoms with Crippen molar-refractivity contribution in [1.82, 2.24) is 5.32 Å². The minimum Gasteiger partial charge on any atom is -0.467 e. The zero-order valence-corrected chi connectivity index (χ0v) is 10.9. The molecule has 1 amide bonds. The first-order valence-corrected chi connectivity index (χ1v) is 6.24. The summed E-state index contributed by atoms with van der Waals surface area (Å²) in [6, 6.07) is 5.20. The highest BCUT2D eigenvalue weighted by Crippen LogP contribution is 2.19. The van der Waals surface area contributed by atoms with E-state index in [2.05, 4.69) is 10.1 Å². The van der Waals surface area contributed by atoms with E-state index >= 15 is 0 Å². The first-order chi connectivity index (χ1) is 8.52. The number of methoxy groups -OCH3 is 1. The van der Waals surface area contributed by atoms with Gasteiger partial charge in [-0.15, -0.1) is 11.8 Å². The van der Waals surface area contributed by atoms with Crippen LogP contribution in [0, 0.1) is 5.82 Å². The Morgan fingerprint density at radius 2 is 2.00 bits per heavy atom. The molecule has 6 heteroatoms. The summed E-state index contributed by atoms with van der Waals surface area (Å²) in [4.78, 5) is 23.2. The molecule has 0 aliphatic rings. The Morgan fingerprint density at radius 1 is 1.39 bits per heavy atom. The lowest BCUT2D eigenvalue weighted by molar-refractivity contribution is -0.144. The number of ether oxygens (including phenoxy) is 1. The molecule has 0 saturated carbocycles. The molecular weight excluding hydrogens is 257 g/mol. The SMILES string of the molecule is COC(=O)C(CSc1ccc(F)cc1)NC(C)=O. The van der Waals surface area contributed by atoms with Gasteiger partial charge in [-0.2, -0.15) is 0 Å². The molecule has 1 rings (SSSR count). The maximum absolute atomic E-state index is 12.7. The van der Waals surface area contributed by atoms with Gasteiger partial charge in [0.15, 0.2) is 0 Å². The maximum Gasteiger partial charge on any atom is 0.329 e. The second-order valence-electron chi connectivity index (χ2n) is 3.54. The molecule has 1 aromatic rings. The monoisotopic (exact) mass is 271 g/mol. The van der Waals surface area contributed by atoms with Gasteiger partial charge in [0, 0.05) is 17.6 Å². The molecule has 1 N–H and O–H groups in total. The summed E-state index contributed by atoms with van der Waals surface area (Å²) in [5.74, 6) is -0.784. The van der Waals surface area contributed by atoms with Crippen molar-refractivity contribution in [2.24, 2.45) is 0 Å². The smallest absolute Gasteiger partial charge is 0.329 e. The molecule has 0 aromatic heterocycles. The minimum absolute atomic E-state index is 0.301. The molecule has 0 fully saturated rings. The first kappa shape index (κ1) is 14.5. The van der Waals surface area contributed by atoms with Gasteiger partial charge < -0.3 is 10.1 Å². The number of thioether (sulfide) groups is 1. The van der Waals surface area contributed by atoms with E-state index in [1.165, 1.54) is 37.9 Å². The van der Waals surface area contributed by atoms with Gasteiger partial charge in [-0.05, 0) is 24.3 Å². The van der Waals surface area contributed by atoms with Crippen LogP contribution in [0.4, 0.5) is 4.39 Å². The summed E-state index contributed by atoms with van der Waals surface area (Å²) >= 11 is 1.34. The second-order valence-corrected chi connectivity index (χ2v) is 4.63. The molecule has 0 saturated heterocycles. The highest BCUT2D eigenvalue weighted by Gasteiger charge is 2.20. The lowest BCUT2D eigenvalue weighted by Crippen LogP contribution is -2.42. The summed E-state index contributed by atoms with van der Waals surface area (Å²) in [7, 11) is 1.26. The van der Waals surface area contributed by atoms with Crippen molar-refractivity contribution < 1.29 is 18.7 Å². The molecule has 0 aliphatic carbocycles. The molecule has 1 unspecified atom stereocenters. The van der Waals surface area contributed by atoms with Crippen LogP contribution in [0.3, 0.4) is 0 Å². The summed E-state index contributed by atoms with van der Waals surface area (Å²) < 4.78 is 17.3. The summed E-state index contributed by atoms with van der Waals surface area (Å²) in [5, 5.41) is 2.50. The number of rotatable bonds is 5. The quantitative estimate of drug-likeness (QED) is 0.653. The molecule has 0 radical (unpaired) electrons. The van der Waals surface area contributed by atoms with Crippen LogP contribution in [-0.4, -0.2) is 30.8 Å². The Morgan fingerprint density at radius 3 is 2.50 bits per heavy atom. The maximum atomic E-state index is 12.7. The molecular formula is C12H14FNO3S. The van der Waals surface area contributed by atoms with Crippen LogP contribution in [0.5, 0.6) is 0 Å². The van der Waals surface area contributed by atoms with E-state index in [1.807, 2.05) is 0 Å². The van der Waals surface area contributed by atoms with Gasteiger partial charge in [0.05, 0.1) is 7.11 Å². The van der Waals surface area contributed by atoms with Crippen molar-refractivity contribution in [2.75, 3.05) is 12.9 Å². The summed E-state index contributed by atoms with van der Waals surface area (Å²) in [6.07, 6.45) is 0. The molecule has 4 nitrogen and oxygen atoms in total. The zero-order chi connectivity index (χ0) is 13.5. The Bertz CT molecular complexity index is 422. The molecule has 1 atom stereocenters. The number of esters is 1. The fraction of sp³-hybridized carbons (Fsp3) is 0.333. The number of hydrogen-bond donors (Lipinski definition) is 1. The van der Waals surface area contributed by atoms with Crippen molar-refractivity contribution in [3.05, 3.63) is 30.1 Å². The Kier molecular flexibility index (Phi) is 5.64. The lowest BCUT2D eigenvalue weighted by Gasteiger charge is -2.14. The zero-order valence-electron chi connectivity index (χ0n) is 10.1. The summed E-state index contributed by atoms with van der Waals surface area (Å²) in [5.41, 5.74) is 0. The first-order valence-electron chi connectivity index (χ1n) is 5.26. The van der Waals surface area contributed by atoms with Crippen molar-refractivity contribution >= 4 is 23.6 Å². The third-order valence-corrected chi connectivity index (χ3v) is 3.20. The third-order valence-electron chi connectivity index (χ3n) is 2.09. The fourth-order valence-corrected chi connectivity index (χ4v) is 2.17. The molecule has 98 valence electrons. The van der Waals surface area contributed by atoms with Gasteiger partial charge in [0.2, 0.25) is 5.91 Å². The van der Waals surface area contributed by atoms with Crippen LogP contribution in [0.15, 0.2) is 29.2 Å².